The van der Waals surface area contributed by atoms with Gasteiger partial charge in [-0.05, 0) is 67.9 Å². The van der Waals surface area contributed by atoms with Crippen molar-refractivity contribution in [3.8, 4) is 0 Å². The first kappa shape index (κ1) is 19.2. The number of ether oxygens (including phenoxy) is 1. The quantitative estimate of drug-likeness (QED) is 0.593. The van der Waals surface area contributed by atoms with Gasteiger partial charge in [0.2, 0.25) is 0 Å². The fourth-order valence-corrected chi connectivity index (χ4v) is 2.84. The van der Waals surface area contributed by atoms with Crippen LogP contribution >= 0.6 is 23.8 Å². The lowest BCUT2D eigenvalue weighted by atomic mass is 10.0. The summed E-state index contributed by atoms with van der Waals surface area (Å²) in [5, 5.41) is 7.10. The molecule has 0 heterocycles. The van der Waals surface area contributed by atoms with Crippen molar-refractivity contribution < 1.29 is 9.53 Å². The Morgan fingerprint density at radius 1 is 1.16 bits per heavy atom. The van der Waals surface area contributed by atoms with E-state index in [0.717, 1.165) is 5.56 Å². The Morgan fingerprint density at radius 2 is 1.88 bits per heavy atom. The number of halogens is 1. The van der Waals surface area contributed by atoms with Crippen molar-refractivity contribution in [2.24, 2.45) is 0 Å². The lowest BCUT2D eigenvalue weighted by molar-refractivity contribution is 0.0601. The highest BCUT2D eigenvalue weighted by atomic mass is 35.5. The smallest absolute Gasteiger partial charge is 0.339 e. The second-order valence-corrected chi connectivity index (χ2v) is 6.67. The number of benzene rings is 2. The first-order valence-corrected chi connectivity index (χ1v) is 8.63. The predicted octanol–water partition coefficient (Wildman–Crippen LogP) is 4.79. The van der Waals surface area contributed by atoms with Crippen LogP contribution in [-0.4, -0.2) is 18.2 Å². The third-order valence-corrected chi connectivity index (χ3v) is 4.56. The molecule has 2 rings (SSSR count). The molecule has 0 fully saturated rings. The zero-order valence-electron chi connectivity index (χ0n) is 14.6. The second kappa shape index (κ2) is 8.32. The van der Waals surface area contributed by atoms with Gasteiger partial charge in [0, 0.05) is 5.69 Å². The zero-order valence-corrected chi connectivity index (χ0v) is 16.2. The van der Waals surface area contributed by atoms with E-state index in [-0.39, 0.29) is 6.04 Å². The van der Waals surface area contributed by atoms with Crippen LogP contribution in [0.25, 0.3) is 0 Å². The van der Waals surface area contributed by atoms with Gasteiger partial charge < -0.3 is 15.4 Å². The lowest BCUT2D eigenvalue weighted by Crippen LogP contribution is -2.31. The molecule has 0 aliphatic heterocycles. The van der Waals surface area contributed by atoms with E-state index in [1.807, 2.05) is 6.92 Å². The van der Waals surface area contributed by atoms with Gasteiger partial charge in [0.25, 0.3) is 0 Å². The number of hydrogen-bond donors (Lipinski definition) is 2. The van der Waals surface area contributed by atoms with E-state index >= 15 is 0 Å². The minimum Gasteiger partial charge on any atom is -0.465 e. The molecule has 0 aliphatic carbocycles. The highest BCUT2D eigenvalue weighted by molar-refractivity contribution is 7.80. The molecule has 1 unspecified atom stereocenters. The Hall–Kier alpha value is -2.11. The van der Waals surface area contributed by atoms with Crippen LogP contribution in [0.3, 0.4) is 0 Å². The summed E-state index contributed by atoms with van der Waals surface area (Å²) >= 11 is 11.4. The fraction of sp³-hybridized carbons (Fsp3) is 0.263. The maximum atomic E-state index is 11.7. The number of nitrogens with one attached hydrogen (secondary N) is 2. The number of carbonyl (C=O) groups is 1. The van der Waals surface area contributed by atoms with Gasteiger partial charge in [-0.1, -0.05) is 29.8 Å². The standard InChI is InChI=1S/C19H21ClN2O2S/c1-11-5-6-14(9-12(11)2)13(3)21-19(25)22-15-7-8-17(20)16(10-15)18(23)24-4/h5-10,13H,1-4H3,(H2,21,22,25). The molecule has 0 aliphatic rings. The SMILES string of the molecule is COC(=O)c1cc(NC(=S)NC(C)c2ccc(C)c(C)c2)ccc1Cl. The number of carbonyl (C=O) groups excluding carboxylic acids is 1. The van der Waals surface area contributed by atoms with Crippen molar-refractivity contribution in [2.45, 2.75) is 26.8 Å². The number of aryl methyl sites for hydroxylation is 2. The molecule has 0 saturated heterocycles. The van der Waals surface area contributed by atoms with E-state index in [0.29, 0.717) is 21.4 Å². The van der Waals surface area contributed by atoms with Crippen LogP contribution in [0.5, 0.6) is 0 Å². The Labute approximate surface area is 158 Å². The normalized spacial score (nSPS) is 11.6. The van der Waals surface area contributed by atoms with Crippen molar-refractivity contribution in [2.75, 3.05) is 12.4 Å². The number of methoxy groups -OCH3 is 1. The van der Waals surface area contributed by atoms with Crippen molar-refractivity contribution >= 4 is 40.6 Å². The molecule has 0 radical (unpaired) electrons. The topological polar surface area (TPSA) is 50.4 Å². The highest BCUT2D eigenvalue weighted by Gasteiger charge is 2.13. The van der Waals surface area contributed by atoms with Crippen LogP contribution in [0.2, 0.25) is 5.02 Å². The number of thiocarbonyl (C=S) groups is 1. The molecule has 4 nitrogen and oxygen atoms in total. The van der Waals surface area contributed by atoms with Crippen LogP contribution in [0.1, 0.15) is 40.0 Å². The summed E-state index contributed by atoms with van der Waals surface area (Å²) in [5.41, 5.74) is 4.60. The lowest BCUT2D eigenvalue weighted by Gasteiger charge is -2.18. The number of esters is 1. The molecular weight excluding hydrogens is 356 g/mol. The van der Waals surface area contributed by atoms with E-state index in [1.54, 1.807) is 18.2 Å². The Balaban J connectivity index is 2.07. The van der Waals surface area contributed by atoms with Crippen LogP contribution in [0.15, 0.2) is 36.4 Å². The van der Waals surface area contributed by atoms with Gasteiger partial charge in [-0.2, -0.15) is 0 Å². The van der Waals surface area contributed by atoms with Gasteiger partial charge in [0.1, 0.15) is 0 Å². The first-order valence-electron chi connectivity index (χ1n) is 7.84. The second-order valence-electron chi connectivity index (χ2n) is 5.85. The monoisotopic (exact) mass is 376 g/mol. The first-order chi connectivity index (χ1) is 11.8. The third kappa shape index (κ3) is 4.94. The van der Waals surface area contributed by atoms with Crippen molar-refractivity contribution in [1.29, 1.82) is 0 Å². The largest absolute Gasteiger partial charge is 0.465 e. The summed E-state index contributed by atoms with van der Waals surface area (Å²) in [6.45, 7) is 6.22. The summed E-state index contributed by atoms with van der Waals surface area (Å²) in [7, 11) is 1.32. The minimum atomic E-state index is -0.490. The summed E-state index contributed by atoms with van der Waals surface area (Å²) in [4.78, 5) is 11.7. The molecule has 0 aromatic heterocycles. The van der Waals surface area contributed by atoms with Gasteiger partial charge in [-0.15, -0.1) is 0 Å². The summed E-state index contributed by atoms with van der Waals surface area (Å²) in [5.74, 6) is -0.490. The Morgan fingerprint density at radius 3 is 2.52 bits per heavy atom. The fourth-order valence-electron chi connectivity index (χ4n) is 2.35. The van der Waals surface area contributed by atoms with E-state index in [1.165, 1.54) is 18.2 Å². The number of anilines is 1. The van der Waals surface area contributed by atoms with E-state index < -0.39 is 5.97 Å². The molecule has 0 spiro atoms. The highest BCUT2D eigenvalue weighted by Crippen LogP contribution is 2.22. The maximum Gasteiger partial charge on any atom is 0.339 e. The van der Waals surface area contributed by atoms with Gasteiger partial charge in [0.05, 0.1) is 23.7 Å². The molecule has 0 bridgehead atoms. The van der Waals surface area contributed by atoms with Crippen LogP contribution < -0.4 is 10.6 Å². The van der Waals surface area contributed by atoms with E-state index in [4.69, 9.17) is 28.6 Å². The van der Waals surface area contributed by atoms with E-state index in [2.05, 4.69) is 42.7 Å². The molecule has 25 heavy (non-hydrogen) atoms. The number of rotatable bonds is 4. The molecule has 132 valence electrons. The molecule has 2 N–H and O–H groups in total. The number of hydrogen-bond acceptors (Lipinski definition) is 3. The molecule has 1 atom stereocenters. The Kier molecular flexibility index (Phi) is 6.39. The van der Waals surface area contributed by atoms with Gasteiger partial charge in [-0.25, -0.2) is 4.79 Å². The predicted molar refractivity (Wildman–Crippen MR) is 106 cm³/mol. The van der Waals surface area contributed by atoms with Crippen molar-refractivity contribution in [3.05, 3.63) is 63.7 Å². The van der Waals surface area contributed by atoms with E-state index in [9.17, 15) is 4.79 Å². The maximum absolute atomic E-state index is 11.7. The third-order valence-electron chi connectivity index (χ3n) is 4.01. The minimum absolute atomic E-state index is 0.0478. The molecule has 0 amide bonds. The molecule has 2 aromatic carbocycles. The zero-order chi connectivity index (χ0) is 18.6. The molecule has 2 aromatic rings. The summed E-state index contributed by atoms with van der Waals surface area (Å²) in [6.07, 6.45) is 0. The Bertz CT molecular complexity index is 808. The average molecular weight is 377 g/mol. The van der Waals surface area contributed by atoms with Gasteiger partial charge >= 0.3 is 5.97 Å². The van der Waals surface area contributed by atoms with Crippen LogP contribution in [0, 0.1) is 13.8 Å². The molecule has 6 heteroatoms. The van der Waals surface area contributed by atoms with Crippen LogP contribution in [0.4, 0.5) is 5.69 Å². The average Bonchev–Trinajstić information content (AvgIpc) is 2.58. The van der Waals surface area contributed by atoms with Crippen molar-refractivity contribution in [3.63, 3.8) is 0 Å². The molecular formula is C19H21ClN2O2S. The summed E-state index contributed by atoms with van der Waals surface area (Å²) < 4.78 is 4.72. The summed E-state index contributed by atoms with van der Waals surface area (Å²) in [6, 6.07) is 11.4. The van der Waals surface area contributed by atoms with Crippen LogP contribution in [-0.2, 0) is 4.74 Å². The van der Waals surface area contributed by atoms with Crippen molar-refractivity contribution in [1.82, 2.24) is 5.32 Å². The van der Waals surface area contributed by atoms with Gasteiger partial charge in [0.15, 0.2) is 5.11 Å². The molecule has 0 saturated carbocycles. The van der Waals surface area contributed by atoms with Gasteiger partial charge in [-0.3, -0.25) is 0 Å².